The van der Waals surface area contributed by atoms with Crippen LogP contribution in [-0.2, 0) is 22.5 Å². The molecule has 1 rings (SSSR count). The molecule has 0 saturated carbocycles. The predicted molar refractivity (Wildman–Crippen MR) is 43.6 cm³/mol. The molecule has 4 heteroatoms. The molecule has 0 aromatic carbocycles. The largest absolute Gasteiger partial charge is 0.468 e. The molecule has 4 nitrogen and oxygen atoms in total. The molecule has 1 aromatic rings. The fraction of sp³-hybridized carbons (Fsp3) is 0.500. The van der Waals surface area contributed by atoms with Gasteiger partial charge >= 0.3 is 5.97 Å². The molecule has 1 aromatic heterocycles. The third-order valence-corrected chi connectivity index (χ3v) is 1.69. The average Bonchev–Trinajstić information content (AvgIpc) is 2.51. The van der Waals surface area contributed by atoms with Crippen molar-refractivity contribution in [1.29, 1.82) is 0 Å². The van der Waals surface area contributed by atoms with E-state index in [1.807, 2.05) is 6.92 Å². The van der Waals surface area contributed by atoms with Crippen LogP contribution >= 0.6 is 0 Å². The van der Waals surface area contributed by atoms with Crippen molar-refractivity contribution < 1.29 is 9.53 Å². The molecule has 0 aliphatic heterocycles. The summed E-state index contributed by atoms with van der Waals surface area (Å²) >= 11 is 0. The normalized spacial score (nSPS) is 9.83. The highest BCUT2D eigenvalue weighted by atomic mass is 16.5. The number of esters is 1. The van der Waals surface area contributed by atoms with E-state index in [0.717, 1.165) is 12.1 Å². The first kappa shape index (κ1) is 8.77. The summed E-state index contributed by atoms with van der Waals surface area (Å²) in [4.78, 5) is 14.8. The lowest BCUT2D eigenvalue weighted by Crippen LogP contribution is -2.12. The topological polar surface area (TPSA) is 44.1 Å². The molecule has 0 aliphatic rings. The second kappa shape index (κ2) is 3.90. The van der Waals surface area contributed by atoms with Crippen LogP contribution in [0.2, 0.25) is 0 Å². The highest BCUT2D eigenvalue weighted by Crippen LogP contribution is 1.99. The minimum absolute atomic E-state index is 0.247. The van der Waals surface area contributed by atoms with Crippen LogP contribution in [0.5, 0.6) is 0 Å². The van der Waals surface area contributed by atoms with Gasteiger partial charge in [-0.05, 0) is 6.42 Å². The smallest absolute Gasteiger partial charge is 0.325 e. The van der Waals surface area contributed by atoms with E-state index in [4.69, 9.17) is 0 Å². The predicted octanol–water partition coefficient (Wildman–Crippen LogP) is 0.618. The quantitative estimate of drug-likeness (QED) is 0.621. The maximum atomic E-state index is 10.9. The van der Waals surface area contributed by atoms with Crippen LogP contribution in [0.15, 0.2) is 12.5 Å². The molecule has 1 heterocycles. The Morgan fingerprint density at radius 3 is 3.08 bits per heavy atom. The van der Waals surface area contributed by atoms with Crippen LogP contribution in [-0.4, -0.2) is 22.6 Å². The van der Waals surface area contributed by atoms with Crippen molar-refractivity contribution in [2.45, 2.75) is 19.9 Å². The molecule has 0 unspecified atom stereocenters. The van der Waals surface area contributed by atoms with Gasteiger partial charge in [0.1, 0.15) is 6.54 Å². The van der Waals surface area contributed by atoms with Crippen LogP contribution in [0, 0.1) is 0 Å². The third-order valence-electron chi connectivity index (χ3n) is 1.69. The van der Waals surface area contributed by atoms with Crippen molar-refractivity contribution in [3.8, 4) is 0 Å². The van der Waals surface area contributed by atoms with E-state index >= 15 is 0 Å². The number of nitrogens with zero attached hydrogens (tertiary/aromatic N) is 2. The molecule has 12 heavy (non-hydrogen) atoms. The number of imidazole rings is 1. The number of carbonyl (C=O) groups is 1. The van der Waals surface area contributed by atoms with Crippen LogP contribution < -0.4 is 0 Å². The van der Waals surface area contributed by atoms with Gasteiger partial charge in [0.2, 0.25) is 0 Å². The van der Waals surface area contributed by atoms with Crippen molar-refractivity contribution in [1.82, 2.24) is 9.55 Å². The van der Waals surface area contributed by atoms with E-state index in [1.54, 1.807) is 17.1 Å². The number of aryl methyl sites for hydroxylation is 1. The van der Waals surface area contributed by atoms with Gasteiger partial charge in [-0.1, -0.05) is 6.92 Å². The molecular formula is C8H12N2O2. The number of methoxy groups -OCH3 is 1. The van der Waals surface area contributed by atoms with E-state index in [9.17, 15) is 4.79 Å². The first-order valence-electron chi connectivity index (χ1n) is 3.83. The van der Waals surface area contributed by atoms with Crippen molar-refractivity contribution in [2.24, 2.45) is 0 Å². The summed E-state index contributed by atoms with van der Waals surface area (Å²) in [6.45, 7) is 2.27. The van der Waals surface area contributed by atoms with Gasteiger partial charge in [-0.3, -0.25) is 4.79 Å². The number of aromatic nitrogens is 2. The van der Waals surface area contributed by atoms with Gasteiger partial charge in [-0.15, -0.1) is 0 Å². The minimum atomic E-state index is -0.247. The molecule has 0 spiro atoms. The lowest BCUT2D eigenvalue weighted by atomic mass is 10.3. The monoisotopic (exact) mass is 168 g/mol. The summed E-state index contributed by atoms with van der Waals surface area (Å²) in [5.41, 5.74) is 1.04. The van der Waals surface area contributed by atoms with Gasteiger partial charge in [0.25, 0.3) is 0 Å². The van der Waals surface area contributed by atoms with E-state index in [2.05, 4.69) is 9.72 Å². The zero-order valence-corrected chi connectivity index (χ0v) is 7.28. The molecule has 0 N–H and O–H groups in total. The van der Waals surface area contributed by atoms with Crippen molar-refractivity contribution >= 4 is 5.97 Å². The molecular weight excluding hydrogens is 156 g/mol. The summed E-state index contributed by atoms with van der Waals surface area (Å²) < 4.78 is 6.32. The number of rotatable bonds is 3. The van der Waals surface area contributed by atoms with Crippen molar-refractivity contribution in [3.05, 3.63) is 18.2 Å². The molecule has 0 fully saturated rings. The fourth-order valence-corrected chi connectivity index (χ4v) is 0.989. The lowest BCUT2D eigenvalue weighted by Gasteiger charge is -2.03. The Bertz CT molecular complexity index is 268. The van der Waals surface area contributed by atoms with Crippen LogP contribution in [0.1, 0.15) is 12.6 Å². The molecule has 0 amide bonds. The minimum Gasteiger partial charge on any atom is -0.468 e. The molecule has 0 saturated heterocycles. The number of ether oxygens (including phenoxy) is 1. The zero-order chi connectivity index (χ0) is 8.97. The van der Waals surface area contributed by atoms with Crippen molar-refractivity contribution in [3.63, 3.8) is 0 Å². The van der Waals surface area contributed by atoms with E-state index in [1.165, 1.54) is 7.11 Å². The second-order valence-electron chi connectivity index (χ2n) is 2.44. The molecule has 0 atom stereocenters. The molecule has 0 aliphatic carbocycles. The lowest BCUT2D eigenvalue weighted by molar-refractivity contribution is -0.141. The van der Waals surface area contributed by atoms with Crippen LogP contribution in [0.3, 0.4) is 0 Å². The third kappa shape index (κ3) is 1.84. The summed E-state index contributed by atoms with van der Waals surface area (Å²) in [5, 5.41) is 0. The first-order chi connectivity index (χ1) is 5.77. The number of carbonyl (C=O) groups excluding carboxylic acids is 1. The Kier molecular flexibility index (Phi) is 2.85. The summed E-state index contributed by atoms with van der Waals surface area (Å²) in [5.74, 6) is -0.247. The standard InChI is InChI=1S/C8H12N2O2/c1-3-7-4-9-6-10(7)5-8(11)12-2/h4,6H,3,5H2,1-2H3. The van der Waals surface area contributed by atoms with E-state index in [-0.39, 0.29) is 12.5 Å². The Hall–Kier alpha value is -1.32. The maximum Gasteiger partial charge on any atom is 0.325 e. The zero-order valence-electron chi connectivity index (χ0n) is 7.28. The molecule has 0 radical (unpaired) electrons. The van der Waals surface area contributed by atoms with Crippen LogP contribution in [0.25, 0.3) is 0 Å². The van der Waals surface area contributed by atoms with Gasteiger partial charge in [-0.25, -0.2) is 4.98 Å². The number of hydrogen-bond acceptors (Lipinski definition) is 3. The van der Waals surface area contributed by atoms with Gasteiger partial charge < -0.3 is 9.30 Å². The van der Waals surface area contributed by atoms with Gasteiger partial charge in [0.05, 0.1) is 13.4 Å². The average molecular weight is 168 g/mol. The van der Waals surface area contributed by atoms with Gasteiger partial charge in [0.15, 0.2) is 0 Å². The fourth-order valence-electron chi connectivity index (χ4n) is 0.989. The highest BCUT2D eigenvalue weighted by molar-refractivity contribution is 5.69. The first-order valence-corrected chi connectivity index (χ1v) is 3.83. The van der Waals surface area contributed by atoms with Gasteiger partial charge in [0, 0.05) is 11.9 Å². The Balaban J connectivity index is 2.68. The van der Waals surface area contributed by atoms with Crippen molar-refractivity contribution in [2.75, 3.05) is 7.11 Å². The molecule has 66 valence electrons. The summed E-state index contributed by atoms with van der Waals surface area (Å²) in [6, 6.07) is 0. The maximum absolute atomic E-state index is 10.9. The summed E-state index contributed by atoms with van der Waals surface area (Å²) in [6.07, 6.45) is 4.26. The Morgan fingerprint density at radius 2 is 2.50 bits per heavy atom. The SMILES string of the molecule is CCc1cncn1CC(=O)OC. The van der Waals surface area contributed by atoms with Crippen LogP contribution in [0.4, 0.5) is 0 Å². The highest BCUT2D eigenvalue weighted by Gasteiger charge is 2.04. The molecule has 0 bridgehead atoms. The van der Waals surface area contributed by atoms with E-state index < -0.39 is 0 Å². The second-order valence-corrected chi connectivity index (χ2v) is 2.44. The Labute approximate surface area is 71.2 Å². The van der Waals surface area contributed by atoms with E-state index in [0.29, 0.717) is 0 Å². The number of hydrogen-bond donors (Lipinski definition) is 0. The summed E-state index contributed by atoms with van der Waals surface area (Å²) in [7, 11) is 1.38. The Morgan fingerprint density at radius 1 is 1.75 bits per heavy atom. The van der Waals surface area contributed by atoms with Gasteiger partial charge in [-0.2, -0.15) is 0 Å².